The summed E-state index contributed by atoms with van der Waals surface area (Å²) >= 11 is 0. The first-order chi connectivity index (χ1) is 12.4. The van der Waals surface area contributed by atoms with Crippen molar-refractivity contribution < 1.29 is 35.9 Å². The largest absolute Gasteiger partial charge is 0.418 e. The van der Waals surface area contributed by atoms with Crippen molar-refractivity contribution in [1.29, 1.82) is 0 Å². The molecule has 0 aliphatic rings. The average Bonchev–Trinajstić information content (AvgIpc) is 2.54. The zero-order chi connectivity index (χ0) is 20.4. The summed E-state index contributed by atoms with van der Waals surface area (Å²) in [4.78, 5) is 23.1. The fraction of sp³-hybridized carbons (Fsp3) is 0.176. The Morgan fingerprint density at radius 2 is 1.41 bits per heavy atom. The van der Waals surface area contributed by atoms with E-state index in [0.29, 0.717) is 18.2 Å². The van der Waals surface area contributed by atoms with Gasteiger partial charge in [0.2, 0.25) is 5.91 Å². The fourth-order valence-corrected chi connectivity index (χ4v) is 2.17. The Balaban J connectivity index is 2.30. The van der Waals surface area contributed by atoms with Crippen molar-refractivity contribution in [2.45, 2.75) is 19.3 Å². The standard InChI is InChI=1S/C17H12F6N2O2/c1-9(26)24-12-6-7-14(13(8-12)17(21,22)23)25-15(27)10-2-4-11(5-3-10)16(18,19)20/h2-8H,1H3,(H,24,26)(H,25,27). The van der Waals surface area contributed by atoms with Crippen LogP contribution in [0.3, 0.4) is 0 Å². The van der Waals surface area contributed by atoms with Crippen molar-refractivity contribution in [2.24, 2.45) is 0 Å². The van der Waals surface area contributed by atoms with Crippen molar-refractivity contribution >= 4 is 23.2 Å². The van der Waals surface area contributed by atoms with E-state index in [2.05, 4.69) is 5.32 Å². The zero-order valence-electron chi connectivity index (χ0n) is 13.6. The van der Waals surface area contributed by atoms with E-state index >= 15 is 0 Å². The maximum atomic E-state index is 13.2. The maximum absolute atomic E-state index is 13.2. The van der Waals surface area contributed by atoms with Crippen LogP contribution in [-0.2, 0) is 17.1 Å². The SMILES string of the molecule is CC(=O)Nc1ccc(NC(=O)c2ccc(C(F)(F)F)cc2)c(C(F)(F)F)c1. The zero-order valence-corrected chi connectivity index (χ0v) is 13.6. The number of carbonyl (C=O) groups is 2. The number of halogens is 6. The summed E-state index contributed by atoms with van der Waals surface area (Å²) in [6.07, 6.45) is -9.44. The number of hydrogen-bond donors (Lipinski definition) is 2. The van der Waals surface area contributed by atoms with Gasteiger partial charge >= 0.3 is 12.4 Å². The normalized spacial score (nSPS) is 11.8. The third-order valence-corrected chi connectivity index (χ3v) is 3.37. The molecular formula is C17H12F6N2O2. The Hall–Kier alpha value is -3.04. The molecule has 27 heavy (non-hydrogen) atoms. The van der Waals surface area contributed by atoms with Gasteiger partial charge in [-0.15, -0.1) is 0 Å². The smallest absolute Gasteiger partial charge is 0.326 e. The van der Waals surface area contributed by atoms with E-state index in [1.54, 1.807) is 0 Å². The van der Waals surface area contributed by atoms with Crippen LogP contribution in [0.2, 0.25) is 0 Å². The van der Waals surface area contributed by atoms with Gasteiger partial charge < -0.3 is 10.6 Å². The maximum Gasteiger partial charge on any atom is 0.418 e. The Bertz CT molecular complexity index is 857. The molecule has 0 aliphatic heterocycles. The highest BCUT2D eigenvalue weighted by Crippen LogP contribution is 2.37. The minimum atomic E-state index is -4.84. The Morgan fingerprint density at radius 1 is 0.815 bits per heavy atom. The molecule has 2 N–H and O–H groups in total. The minimum Gasteiger partial charge on any atom is -0.326 e. The van der Waals surface area contributed by atoms with Crippen LogP contribution in [0.25, 0.3) is 0 Å². The van der Waals surface area contributed by atoms with Gasteiger partial charge in [0.15, 0.2) is 0 Å². The first kappa shape index (κ1) is 20.3. The Labute approximate surface area is 149 Å². The average molecular weight is 390 g/mol. The molecule has 0 aliphatic carbocycles. The first-order valence-electron chi connectivity index (χ1n) is 7.35. The van der Waals surface area contributed by atoms with Gasteiger partial charge in [0.05, 0.1) is 16.8 Å². The monoisotopic (exact) mass is 390 g/mol. The van der Waals surface area contributed by atoms with Gasteiger partial charge in [-0.2, -0.15) is 26.3 Å². The molecule has 0 fully saturated rings. The third-order valence-electron chi connectivity index (χ3n) is 3.37. The van der Waals surface area contributed by atoms with Crippen LogP contribution in [0, 0.1) is 0 Å². The molecule has 0 spiro atoms. The second-order valence-electron chi connectivity index (χ2n) is 5.47. The van der Waals surface area contributed by atoms with Gasteiger partial charge in [-0.3, -0.25) is 9.59 Å². The molecule has 2 rings (SSSR count). The number of anilines is 2. The summed E-state index contributed by atoms with van der Waals surface area (Å²) in [6, 6.07) is 5.76. The lowest BCUT2D eigenvalue weighted by Gasteiger charge is -2.16. The number of hydrogen-bond acceptors (Lipinski definition) is 2. The molecule has 0 saturated heterocycles. The number of carbonyl (C=O) groups excluding carboxylic acids is 2. The van der Waals surface area contributed by atoms with E-state index in [0.717, 1.165) is 31.2 Å². The minimum absolute atomic E-state index is 0.123. The van der Waals surface area contributed by atoms with Crippen molar-refractivity contribution in [3.63, 3.8) is 0 Å². The van der Waals surface area contributed by atoms with E-state index < -0.39 is 41.0 Å². The lowest BCUT2D eigenvalue weighted by Crippen LogP contribution is -2.17. The molecule has 0 unspecified atom stereocenters. The summed E-state index contributed by atoms with van der Waals surface area (Å²) in [5.41, 5.74) is -3.17. The van der Waals surface area contributed by atoms with Crippen LogP contribution in [0.5, 0.6) is 0 Å². The molecule has 0 saturated carbocycles. The quantitative estimate of drug-likeness (QED) is 0.730. The van der Waals surface area contributed by atoms with Gasteiger partial charge in [0.1, 0.15) is 0 Å². The Kier molecular flexibility index (Phi) is 5.48. The number of nitrogens with one attached hydrogen (secondary N) is 2. The number of rotatable bonds is 3. The van der Waals surface area contributed by atoms with Crippen molar-refractivity contribution in [3.8, 4) is 0 Å². The third kappa shape index (κ3) is 5.22. The van der Waals surface area contributed by atoms with Crippen molar-refractivity contribution in [3.05, 3.63) is 59.2 Å². The van der Waals surface area contributed by atoms with Crippen LogP contribution in [-0.4, -0.2) is 11.8 Å². The molecule has 2 amide bonds. The summed E-state index contributed by atoms with van der Waals surface area (Å²) in [6.45, 7) is 1.12. The van der Waals surface area contributed by atoms with Crippen LogP contribution in [0.1, 0.15) is 28.4 Å². The summed E-state index contributed by atoms with van der Waals surface area (Å²) in [5.74, 6) is -1.59. The first-order valence-corrected chi connectivity index (χ1v) is 7.35. The number of alkyl halides is 6. The number of amides is 2. The highest BCUT2D eigenvalue weighted by molar-refractivity contribution is 6.05. The predicted octanol–water partition coefficient (Wildman–Crippen LogP) is 4.93. The Morgan fingerprint density at radius 3 is 1.89 bits per heavy atom. The van der Waals surface area contributed by atoms with Gasteiger partial charge in [0.25, 0.3) is 5.91 Å². The van der Waals surface area contributed by atoms with Crippen molar-refractivity contribution in [1.82, 2.24) is 0 Å². The molecule has 0 bridgehead atoms. The highest BCUT2D eigenvalue weighted by atomic mass is 19.4. The van der Waals surface area contributed by atoms with Gasteiger partial charge in [-0.1, -0.05) is 0 Å². The van der Waals surface area contributed by atoms with E-state index in [9.17, 15) is 35.9 Å². The van der Waals surface area contributed by atoms with Crippen molar-refractivity contribution in [2.75, 3.05) is 10.6 Å². The molecule has 0 atom stereocenters. The van der Waals surface area contributed by atoms with E-state index in [-0.39, 0.29) is 11.3 Å². The van der Waals surface area contributed by atoms with Gasteiger partial charge in [-0.25, -0.2) is 0 Å². The molecule has 0 heterocycles. The van der Waals surface area contributed by atoms with E-state index in [1.165, 1.54) is 0 Å². The summed E-state index contributed by atoms with van der Waals surface area (Å²) in [7, 11) is 0. The second-order valence-corrected chi connectivity index (χ2v) is 5.47. The van der Waals surface area contributed by atoms with Crippen LogP contribution in [0.15, 0.2) is 42.5 Å². The lowest BCUT2D eigenvalue weighted by molar-refractivity contribution is -0.138. The molecule has 2 aromatic rings. The van der Waals surface area contributed by atoms with Crippen LogP contribution in [0.4, 0.5) is 37.7 Å². The second kappa shape index (κ2) is 7.29. The molecule has 2 aromatic carbocycles. The van der Waals surface area contributed by atoms with Crippen LogP contribution >= 0.6 is 0 Å². The predicted molar refractivity (Wildman–Crippen MR) is 85.1 cm³/mol. The molecule has 10 heteroatoms. The lowest BCUT2D eigenvalue weighted by atomic mass is 10.1. The van der Waals surface area contributed by atoms with Crippen LogP contribution < -0.4 is 10.6 Å². The number of benzene rings is 2. The molecule has 4 nitrogen and oxygen atoms in total. The van der Waals surface area contributed by atoms with Gasteiger partial charge in [-0.05, 0) is 42.5 Å². The van der Waals surface area contributed by atoms with E-state index in [4.69, 9.17) is 0 Å². The molecule has 144 valence electrons. The summed E-state index contributed by atoms with van der Waals surface area (Å²) < 4.78 is 77.2. The van der Waals surface area contributed by atoms with E-state index in [1.807, 2.05) is 5.32 Å². The summed E-state index contributed by atoms with van der Waals surface area (Å²) in [5, 5.41) is 4.21. The molecule has 0 radical (unpaired) electrons. The topological polar surface area (TPSA) is 58.2 Å². The molecule has 0 aromatic heterocycles. The fourth-order valence-electron chi connectivity index (χ4n) is 2.17. The van der Waals surface area contributed by atoms with Gasteiger partial charge in [0, 0.05) is 18.2 Å². The highest BCUT2D eigenvalue weighted by Gasteiger charge is 2.34. The molecular weight excluding hydrogens is 378 g/mol.